The van der Waals surface area contributed by atoms with Crippen molar-refractivity contribution < 1.29 is 5.11 Å². The summed E-state index contributed by atoms with van der Waals surface area (Å²) in [5.41, 5.74) is 6.96. The zero-order valence-corrected chi connectivity index (χ0v) is 20.3. The molecule has 0 aliphatic heterocycles. The Morgan fingerprint density at radius 2 is 1.93 bits per heavy atom. The predicted molar refractivity (Wildman–Crippen MR) is 128 cm³/mol. The second kappa shape index (κ2) is 8.12. The summed E-state index contributed by atoms with van der Waals surface area (Å²) < 4.78 is 0. The second-order valence-corrected chi connectivity index (χ2v) is 11.6. The van der Waals surface area contributed by atoms with Crippen molar-refractivity contribution in [3.8, 4) is 0 Å². The highest BCUT2D eigenvalue weighted by atomic mass is 16.3. The van der Waals surface area contributed by atoms with Crippen molar-refractivity contribution in [1.29, 1.82) is 0 Å². The van der Waals surface area contributed by atoms with Gasteiger partial charge in [0.1, 0.15) is 0 Å². The molecule has 0 saturated heterocycles. The van der Waals surface area contributed by atoms with Gasteiger partial charge in [-0.3, -0.25) is 0 Å². The van der Waals surface area contributed by atoms with Crippen molar-refractivity contribution in [2.24, 2.45) is 34.5 Å². The zero-order chi connectivity index (χ0) is 21.7. The van der Waals surface area contributed by atoms with E-state index < -0.39 is 0 Å². The standard InChI is InChI=1S/C29H44O/c1-7-21(19(2)3)9-8-20(4)25-12-13-26-24-11-10-22-18-23(30)14-16-28(22,5)27(24)15-17-29(25,26)6/h7,10-11,15,19-20,23,25-26,30H,8-9,12-14,16-18H2,1-6H3. The van der Waals surface area contributed by atoms with Gasteiger partial charge in [0.15, 0.2) is 0 Å². The van der Waals surface area contributed by atoms with E-state index in [1.807, 2.05) is 0 Å². The molecule has 30 heavy (non-hydrogen) atoms. The number of hydrogen-bond acceptors (Lipinski definition) is 1. The highest BCUT2D eigenvalue weighted by Crippen LogP contribution is 2.64. The molecule has 4 aliphatic carbocycles. The summed E-state index contributed by atoms with van der Waals surface area (Å²) in [6.45, 7) is 14.5. The normalized spacial score (nSPS) is 39.5. The molecule has 166 valence electrons. The SMILES string of the molecule is CC=C(CCC(C)C1CCC2C3=CC=C4CC(O)CCC4(C)C3=CCC21C)C(C)C. The van der Waals surface area contributed by atoms with Crippen LogP contribution in [0.15, 0.2) is 46.6 Å². The number of aliphatic hydroxyl groups is 1. The van der Waals surface area contributed by atoms with E-state index >= 15 is 0 Å². The van der Waals surface area contributed by atoms with Gasteiger partial charge in [-0.1, -0.05) is 70.1 Å². The lowest BCUT2D eigenvalue weighted by Gasteiger charge is -2.50. The minimum absolute atomic E-state index is 0.140. The van der Waals surface area contributed by atoms with E-state index in [2.05, 4.69) is 65.8 Å². The molecular weight excluding hydrogens is 364 g/mol. The van der Waals surface area contributed by atoms with Crippen molar-refractivity contribution in [1.82, 2.24) is 0 Å². The maximum atomic E-state index is 10.2. The van der Waals surface area contributed by atoms with E-state index in [-0.39, 0.29) is 11.5 Å². The van der Waals surface area contributed by atoms with Gasteiger partial charge in [0.05, 0.1) is 6.10 Å². The number of rotatable bonds is 5. The van der Waals surface area contributed by atoms with Gasteiger partial charge >= 0.3 is 0 Å². The first-order valence-electron chi connectivity index (χ1n) is 12.7. The molecular formula is C29H44O. The maximum absolute atomic E-state index is 10.2. The molecule has 0 heterocycles. The summed E-state index contributed by atoms with van der Waals surface area (Å²) in [7, 11) is 0. The molecule has 6 unspecified atom stereocenters. The van der Waals surface area contributed by atoms with Gasteiger partial charge in [0.2, 0.25) is 0 Å². The summed E-state index contributed by atoms with van der Waals surface area (Å²) >= 11 is 0. The summed E-state index contributed by atoms with van der Waals surface area (Å²) in [6, 6.07) is 0. The molecule has 0 bridgehead atoms. The molecule has 2 saturated carbocycles. The van der Waals surface area contributed by atoms with Gasteiger partial charge in [0.25, 0.3) is 0 Å². The van der Waals surface area contributed by atoms with Gasteiger partial charge in [0, 0.05) is 5.41 Å². The third kappa shape index (κ3) is 3.50. The van der Waals surface area contributed by atoms with Crippen LogP contribution in [0.2, 0.25) is 0 Å². The number of allylic oxidation sites excluding steroid dienone is 7. The van der Waals surface area contributed by atoms with E-state index in [1.165, 1.54) is 37.7 Å². The predicted octanol–water partition coefficient (Wildman–Crippen LogP) is 7.79. The molecule has 0 radical (unpaired) electrons. The molecule has 0 spiro atoms. The molecule has 1 nitrogen and oxygen atoms in total. The Kier molecular flexibility index (Phi) is 5.99. The van der Waals surface area contributed by atoms with Crippen LogP contribution in [0.3, 0.4) is 0 Å². The molecule has 0 aromatic rings. The molecule has 4 rings (SSSR count). The summed E-state index contributed by atoms with van der Waals surface area (Å²) in [5.74, 6) is 3.02. The first-order valence-corrected chi connectivity index (χ1v) is 12.7. The topological polar surface area (TPSA) is 20.2 Å². The number of aliphatic hydroxyl groups excluding tert-OH is 1. The fourth-order valence-corrected chi connectivity index (χ4v) is 7.69. The van der Waals surface area contributed by atoms with Crippen LogP contribution in [0.4, 0.5) is 0 Å². The quantitative estimate of drug-likeness (QED) is 0.460. The number of fused-ring (bicyclic) bond motifs is 5. The minimum Gasteiger partial charge on any atom is -0.393 e. The first-order chi connectivity index (χ1) is 14.2. The van der Waals surface area contributed by atoms with E-state index in [4.69, 9.17) is 0 Å². The Labute approximate surface area is 185 Å². The van der Waals surface area contributed by atoms with Crippen LogP contribution in [0.25, 0.3) is 0 Å². The number of hydrogen-bond donors (Lipinski definition) is 1. The van der Waals surface area contributed by atoms with Crippen molar-refractivity contribution in [3.05, 3.63) is 46.6 Å². The van der Waals surface area contributed by atoms with E-state index in [0.29, 0.717) is 11.3 Å². The van der Waals surface area contributed by atoms with Crippen LogP contribution >= 0.6 is 0 Å². The molecule has 1 heteroatoms. The van der Waals surface area contributed by atoms with Crippen LogP contribution < -0.4 is 0 Å². The zero-order valence-electron chi connectivity index (χ0n) is 20.3. The van der Waals surface area contributed by atoms with Gasteiger partial charge in [-0.25, -0.2) is 0 Å². The molecule has 0 aromatic carbocycles. The summed E-state index contributed by atoms with van der Waals surface area (Å²) in [6.07, 6.45) is 19.2. The minimum atomic E-state index is -0.140. The molecule has 4 aliphatic rings. The third-order valence-corrected chi connectivity index (χ3v) is 9.73. The Balaban J connectivity index is 1.56. The lowest BCUT2D eigenvalue weighted by atomic mass is 9.54. The Bertz CT molecular complexity index is 793. The smallest absolute Gasteiger partial charge is 0.0578 e. The average Bonchev–Trinajstić information content (AvgIpc) is 3.06. The van der Waals surface area contributed by atoms with Crippen molar-refractivity contribution in [2.75, 3.05) is 0 Å². The van der Waals surface area contributed by atoms with Gasteiger partial charge < -0.3 is 5.11 Å². The maximum Gasteiger partial charge on any atom is 0.0578 e. The summed E-state index contributed by atoms with van der Waals surface area (Å²) in [4.78, 5) is 0. The van der Waals surface area contributed by atoms with Gasteiger partial charge in [-0.05, 0) is 98.5 Å². The monoisotopic (exact) mass is 408 g/mol. The largest absolute Gasteiger partial charge is 0.393 e. The molecule has 0 amide bonds. The van der Waals surface area contributed by atoms with Gasteiger partial charge in [-0.2, -0.15) is 0 Å². The average molecular weight is 409 g/mol. The van der Waals surface area contributed by atoms with Gasteiger partial charge in [-0.15, -0.1) is 0 Å². The Hall–Kier alpha value is -1.08. The molecule has 6 atom stereocenters. The fourth-order valence-electron chi connectivity index (χ4n) is 7.69. The molecule has 1 N–H and O–H groups in total. The second-order valence-electron chi connectivity index (χ2n) is 11.6. The van der Waals surface area contributed by atoms with E-state index in [1.54, 1.807) is 16.7 Å². The lowest BCUT2D eigenvalue weighted by Crippen LogP contribution is -2.41. The molecule has 0 aromatic heterocycles. The molecule has 2 fully saturated rings. The van der Waals surface area contributed by atoms with E-state index in [9.17, 15) is 5.11 Å². The Morgan fingerprint density at radius 3 is 2.63 bits per heavy atom. The van der Waals surface area contributed by atoms with Crippen molar-refractivity contribution in [3.63, 3.8) is 0 Å². The highest BCUT2D eigenvalue weighted by Gasteiger charge is 2.54. The highest BCUT2D eigenvalue weighted by molar-refractivity contribution is 5.53. The van der Waals surface area contributed by atoms with Crippen LogP contribution in [-0.2, 0) is 0 Å². The first kappa shape index (κ1) is 22.1. The van der Waals surface area contributed by atoms with Crippen molar-refractivity contribution >= 4 is 0 Å². The van der Waals surface area contributed by atoms with Crippen molar-refractivity contribution in [2.45, 2.75) is 99.0 Å². The summed E-state index contributed by atoms with van der Waals surface area (Å²) in [5, 5.41) is 10.2. The van der Waals surface area contributed by atoms with Crippen LogP contribution in [-0.4, -0.2) is 11.2 Å². The third-order valence-electron chi connectivity index (χ3n) is 9.73. The Morgan fingerprint density at radius 1 is 1.17 bits per heavy atom. The van der Waals surface area contributed by atoms with Crippen LogP contribution in [0, 0.1) is 34.5 Å². The lowest BCUT2D eigenvalue weighted by molar-refractivity contribution is 0.107. The van der Waals surface area contributed by atoms with E-state index in [0.717, 1.165) is 37.0 Å². The van der Waals surface area contributed by atoms with Crippen LogP contribution in [0.5, 0.6) is 0 Å². The van der Waals surface area contributed by atoms with Crippen LogP contribution in [0.1, 0.15) is 92.9 Å². The fraction of sp³-hybridized carbons (Fsp3) is 0.724.